The molecular formula is C26H22N2O5. The minimum absolute atomic E-state index is 0.0417. The van der Waals surface area contributed by atoms with Crippen LogP contribution >= 0.6 is 0 Å². The Morgan fingerprint density at radius 2 is 1.88 bits per heavy atom. The van der Waals surface area contributed by atoms with Crippen molar-refractivity contribution in [2.75, 3.05) is 6.73 Å². The van der Waals surface area contributed by atoms with Crippen LogP contribution in [0.3, 0.4) is 0 Å². The van der Waals surface area contributed by atoms with Gasteiger partial charge in [0.2, 0.25) is 5.78 Å². The molecule has 0 fully saturated rings. The Kier molecular flexibility index (Phi) is 5.18. The third-order valence-electron chi connectivity index (χ3n) is 6.17. The molecule has 3 aromatic rings. The van der Waals surface area contributed by atoms with Gasteiger partial charge >= 0.3 is 0 Å². The summed E-state index contributed by atoms with van der Waals surface area (Å²) in [6.45, 7) is 5.11. The van der Waals surface area contributed by atoms with Crippen LogP contribution < -0.4 is 9.47 Å². The highest BCUT2D eigenvalue weighted by Gasteiger charge is 2.34. The molecule has 0 saturated heterocycles. The number of nitrogens with zero attached hydrogens (tertiary/aromatic N) is 2. The van der Waals surface area contributed by atoms with E-state index in [1.807, 2.05) is 31.2 Å². The van der Waals surface area contributed by atoms with Crippen molar-refractivity contribution in [2.45, 2.75) is 26.4 Å². The quantitative estimate of drug-likeness (QED) is 0.304. The molecule has 0 aliphatic carbocycles. The third-order valence-corrected chi connectivity index (χ3v) is 6.17. The molecule has 166 valence electrons. The molecule has 2 heterocycles. The number of nitro groups is 1. The Balaban J connectivity index is 1.45. The van der Waals surface area contributed by atoms with E-state index in [0.29, 0.717) is 30.2 Å². The van der Waals surface area contributed by atoms with E-state index in [9.17, 15) is 14.9 Å². The van der Waals surface area contributed by atoms with Gasteiger partial charge in [-0.2, -0.15) is 0 Å². The summed E-state index contributed by atoms with van der Waals surface area (Å²) >= 11 is 0. The SMILES string of the molecule is Cc1c2c(cc3c1O/C(=C\c1cccc([N+](=O)[O-])c1)C3=O)CN(C(C)c1ccccc1)CO2. The standard InChI is InChI=1S/C26H22N2O5/c1-16-25-20(14-27(15-32-25)17(2)19-8-4-3-5-9-19)13-22-24(29)23(33-26(16)22)12-18-7-6-10-21(11-18)28(30)31/h3-13,17H,14-15H2,1-2H3/b23-12-. The van der Waals surface area contributed by atoms with Crippen LogP contribution in [0.2, 0.25) is 0 Å². The van der Waals surface area contributed by atoms with Crippen molar-refractivity contribution >= 4 is 17.5 Å². The van der Waals surface area contributed by atoms with Crippen LogP contribution in [0, 0.1) is 17.0 Å². The Morgan fingerprint density at radius 3 is 2.64 bits per heavy atom. The van der Waals surface area contributed by atoms with Crippen molar-refractivity contribution in [1.29, 1.82) is 0 Å². The predicted octanol–water partition coefficient (Wildman–Crippen LogP) is 5.43. The molecule has 0 amide bonds. The van der Waals surface area contributed by atoms with Gasteiger partial charge in [-0.3, -0.25) is 19.8 Å². The fourth-order valence-corrected chi connectivity index (χ4v) is 4.34. The van der Waals surface area contributed by atoms with Crippen LogP contribution in [-0.2, 0) is 6.54 Å². The minimum atomic E-state index is -0.466. The number of hydrogen-bond donors (Lipinski definition) is 0. The lowest BCUT2D eigenvalue weighted by Crippen LogP contribution is -2.34. The van der Waals surface area contributed by atoms with Gasteiger partial charge in [-0.05, 0) is 37.1 Å². The summed E-state index contributed by atoms with van der Waals surface area (Å²) < 4.78 is 12.0. The van der Waals surface area contributed by atoms with Crippen molar-refractivity contribution in [1.82, 2.24) is 4.90 Å². The van der Waals surface area contributed by atoms with Crippen LogP contribution in [0.5, 0.6) is 11.5 Å². The number of nitro benzene ring substituents is 1. The van der Waals surface area contributed by atoms with Crippen LogP contribution in [0.1, 0.15) is 45.6 Å². The highest BCUT2D eigenvalue weighted by atomic mass is 16.6. The molecule has 0 saturated carbocycles. The maximum atomic E-state index is 13.1. The van der Waals surface area contributed by atoms with Gasteiger partial charge in [0.05, 0.1) is 10.5 Å². The lowest BCUT2D eigenvalue weighted by Gasteiger charge is -2.34. The Morgan fingerprint density at radius 1 is 1.09 bits per heavy atom. The second-order valence-corrected chi connectivity index (χ2v) is 8.27. The zero-order valence-corrected chi connectivity index (χ0v) is 18.3. The molecule has 7 heteroatoms. The highest BCUT2D eigenvalue weighted by Crippen LogP contribution is 2.44. The van der Waals surface area contributed by atoms with Crippen molar-refractivity contribution in [3.8, 4) is 11.5 Å². The average Bonchev–Trinajstić information content (AvgIpc) is 3.14. The summed E-state index contributed by atoms with van der Waals surface area (Å²) in [4.78, 5) is 25.9. The lowest BCUT2D eigenvalue weighted by molar-refractivity contribution is -0.384. The van der Waals surface area contributed by atoms with E-state index in [-0.39, 0.29) is 23.3 Å². The molecule has 0 bridgehead atoms. The maximum Gasteiger partial charge on any atom is 0.270 e. The summed E-state index contributed by atoms with van der Waals surface area (Å²) in [5, 5.41) is 11.1. The minimum Gasteiger partial charge on any atom is -0.477 e. The topological polar surface area (TPSA) is 81.9 Å². The molecule has 7 nitrogen and oxygen atoms in total. The fraction of sp³-hybridized carbons (Fsp3) is 0.192. The summed E-state index contributed by atoms with van der Waals surface area (Å²) in [7, 11) is 0. The number of ether oxygens (including phenoxy) is 2. The third kappa shape index (κ3) is 3.76. The molecule has 2 aliphatic rings. The number of rotatable bonds is 4. The number of benzene rings is 3. The van der Waals surface area contributed by atoms with Crippen molar-refractivity contribution in [2.24, 2.45) is 0 Å². The molecule has 0 radical (unpaired) electrons. The van der Waals surface area contributed by atoms with Gasteiger partial charge in [0.15, 0.2) is 5.76 Å². The number of Topliss-reactive ketones (excluding diaryl/α,β-unsaturated/α-hetero) is 1. The predicted molar refractivity (Wildman–Crippen MR) is 123 cm³/mol. The van der Waals surface area contributed by atoms with Gasteiger partial charge < -0.3 is 9.47 Å². The van der Waals surface area contributed by atoms with E-state index < -0.39 is 4.92 Å². The van der Waals surface area contributed by atoms with E-state index in [4.69, 9.17) is 9.47 Å². The molecule has 1 atom stereocenters. The van der Waals surface area contributed by atoms with Gasteiger partial charge in [-0.15, -0.1) is 0 Å². The second kappa shape index (κ2) is 8.18. The summed E-state index contributed by atoms with van der Waals surface area (Å²) in [6.07, 6.45) is 1.54. The maximum absolute atomic E-state index is 13.1. The summed E-state index contributed by atoms with van der Waals surface area (Å²) in [5.41, 5.74) is 3.89. The normalized spacial score (nSPS) is 17.2. The molecule has 5 rings (SSSR count). The smallest absolute Gasteiger partial charge is 0.270 e. The fourth-order valence-electron chi connectivity index (χ4n) is 4.34. The average molecular weight is 442 g/mol. The van der Waals surface area contributed by atoms with Crippen molar-refractivity contribution in [3.63, 3.8) is 0 Å². The zero-order chi connectivity index (χ0) is 23.1. The first kappa shape index (κ1) is 20.9. The molecule has 0 N–H and O–H groups in total. The number of ketones is 1. The van der Waals surface area contributed by atoms with Gasteiger partial charge in [0, 0.05) is 35.8 Å². The number of carbonyl (C=O) groups excluding carboxylic acids is 1. The van der Waals surface area contributed by atoms with E-state index in [2.05, 4.69) is 24.0 Å². The lowest BCUT2D eigenvalue weighted by atomic mass is 9.99. The first-order valence-electron chi connectivity index (χ1n) is 10.7. The number of non-ortho nitro benzene ring substituents is 1. The Bertz CT molecular complexity index is 1300. The van der Waals surface area contributed by atoms with Crippen LogP contribution in [0.4, 0.5) is 5.69 Å². The Hall–Kier alpha value is -3.97. The van der Waals surface area contributed by atoms with E-state index in [1.54, 1.807) is 18.2 Å². The van der Waals surface area contributed by atoms with Crippen LogP contribution in [-0.4, -0.2) is 22.3 Å². The van der Waals surface area contributed by atoms with Crippen molar-refractivity contribution in [3.05, 3.63) is 104 Å². The molecular weight excluding hydrogens is 420 g/mol. The van der Waals surface area contributed by atoms with Crippen LogP contribution in [0.15, 0.2) is 66.4 Å². The zero-order valence-electron chi connectivity index (χ0n) is 18.3. The Labute approximate surface area is 191 Å². The van der Waals surface area contributed by atoms with Crippen LogP contribution in [0.25, 0.3) is 6.08 Å². The number of carbonyl (C=O) groups is 1. The van der Waals surface area contributed by atoms with E-state index in [0.717, 1.165) is 16.9 Å². The van der Waals surface area contributed by atoms with E-state index >= 15 is 0 Å². The first-order chi connectivity index (χ1) is 15.9. The molecule has 0 aromatic heterocycles. The summed E-state index contributed by atoms with van der Waals surface area (Å²) in [5.74, 6) is 1.13. The van der Waals surface area contributed by atoms with Gasteiger partial charge in [-0.1, -0.05) is 42.5 Å². The second-order valence-electron chi connectivity index (χ2n) is 8.27. The molecule has 2 aliphatic heterocycles. The highest BCUT2D eigenvalue weighted by molar-refractivity contribution is 6.15. The number of allylic oxidation sites excluding steroid dienone is 1. The van der Waals surface area contributed by atoms with Gasteiger partial charge in [-0.25, -0.2) is 0 Å². The molecule has 3 aromatic carbocycles. The first-order valence-corrected chi connectivity index (χ1v) is 10.7. The van der Waals surface area contributed by atoms with E-state index in [1.165, 1.54) is 17.7 Å². The molecule has 33 heavy (non-hydrogen) atoms. The molecule has 0 spiro atoms. The monoisotopic (exact) mass is 442 g/mol. The van der Waals surface area contributed by atoms with Crippen molar-refractivity contribution < 1.29 is 19.2 Å². The summed E-state index contributed by atoms with van der Waals surface area (Å²) in [6, 6.07) is 18.3. The number of hydrogen-bond acceptors (Lipinski definition) is 6. The largest absolute Gasteiger partial charge is 0.477 e. The van der Waals surface area contributed by atoms with Gasteiger partial charge in [0.1, 0.15) is 18.2 Å². The molecule has 1 unspecified atom stereocenters. The number of fused-ring (bicyclic) bond motifs is 2. The van der Waals surface area contributed by atoms with Gasteiger partial charge in [0.25, 0.3) is 5.69 Å².